The molecule has 0 heterocycles. The molecule has 3 heteroatoms. The minimum atomic E-state index is -0.869. The third-order valence-electron chi connectivity index (χ3n) is 4.60. The van der Waals surface area contributed by atoms with Gasteiger partial charge >= 0.3 is 0 Å². The highest BCUT2D eigenvalue weighted by atomic mass is 16.3. The fourth-order valence-corrected chi connectivity index (χ4v) is 3.50. The lowest BCUT2D eigenvalue weighted by atomic mass is 9.84. The molecule has 1 aliphatic rings. The number of fused-ring (bicyclic) bond motifs is 2. The van der Waals surface area contributed by atoms with Crippen molar-refractivity contribution in [1.29, 1.82) is 0 Å². The summed E-state index contributed by atoms with van der Waals surface area (Å²) in [5.74, 6) is 0.215. The first-order valence-electron chi connectivity index (χ1n) is 7.92. The van der Waals surface area contributed by atoms with Gasteiger partial charge < -0.3 is 15.5 Å². The van der Waals surface area contributed by atoms with Crippen molar-refractivity contribution in [1.82, 2.24) is 5.32 Å². The second-order valence-electron chi connectivity index (χ2n) is 5.95. The molecule has 1 aliphatic carbocycles. The largest absolute Gasteiger partial charge is 0.385 e. The summed E-state index contributed by atoms with van der Waals surface area (Å²) in [5, 5.41) is 24.4. The van der Waals surface area contributed by atoms with E-state index in [4.69, 9.17) is 0 Å². The molecule has 0 bridgehead atoms. The van der Waals surface area contributed by atoms with Gasteiger partial charge in [-0.3, -0.25) is 0 Å². The molecule has 0 unspecified atom stereocenters. The van der Waals surface area contributed by atoms with Crippen LogP contribution in [0, 0.1) is 0 Å². The van der Waals surface area contributed by atoms with Crippen molar-refractivity contribution < 1.29 is 10.2 Å². The van der Waals surface area contributed by atoms with Gasteiger partial charge in [0.05, 0.1) is 0 Å². The molecule has 0 saturated heterocycles. The van der Waals surface area contributed by atoms with E-state index in [1.54, 1.807) is 0 Å². The van der Waals surface area contributed by atoms with Crippen molar-refractivity contribution in [2.45, 2.75) is 31.0 Å². The van der Waals surface area contributed by atoms with Crippen LogP contribution in [-0.2, 0) is 0 Å². The van der Waals surface area contributed by atoms with Gasteiger partial charge in [0.2, 0.25) is 0 Å². The molecule has 116 valence electrons. The van der Waals surface area contributed by atoms with Gasteiger partial charge in [-0.05, 0) is 48.7 Å². The molecule has 2 atom stereocenters. The fraction of sp³-hybridized carbons (Fsp3) is 0.368. The highest BCUT2D eigenvalue weighted by Crippen LogP contribution is 2.44. The third-order valence-corrected chi connectivity index (χ3v) is 4.60. The number of hydrogen-bond donors (Lipinski definition) is 3. The summed E-state index contributed by atoms with van der Waals surface area (Å²) in [6, 6.07) is 15.9. The van der Waals surface area contributed by atoms with Crippen LogP contribution in [0.4, 0.5) is 0 Å². The maximum Gasteiger partial charge on any atom is 0.109 e. The van der Waals surface area contributed by atoms with Crippen molar-refractivity contribution in [2.24, 2.45) is 0 Å². The van der Waals surface area contributed by atoms with Crippen LogP contribution < -0.4 is 5.32 Å². The van der Waals surface area contributed by atoms with Gasteiger partial charge in [0.1, 0.15) is 12.2 Å². The standard InChI is InChI=1S/C19H23NO2/c1-20-12-6-11-13-14-7-2-4-9-16(14)18(21)19(22)17-10-5-3-8-15(13)17/h2-5,7-10,13,18-22H,6,11-12H2,1H3/t18-,19-/m0/s1. The highest BCUT2D eigenvalue weighted by Gasteiger charge is 2.32. The van der Waals surface area contributed by atoms with Crippen LogP contribution >= 0.6 is 0 Å². The topological polar surface area (TPSA) is 52.5 Å². The SMILES string of the molecule is CNCCCC1c2ccccc2[C@H](O)[C@@H](O)c2ccccc21. The van der Waals surface area contributed by atoms with Crippen LogP contribution in [0.3, 0.4) is 0 Å². The normalized spacial score (nSPS) is 21.0. The van der Waals surface area contributed by atoms with Gasteiger partial charge in [0.25, 0.3) is 0 Å². The van der Waals surface area contributed by atoms with Crippen LogP contribution in [0.15, 0.2) is 48.5 Å². The minimum absolute atomic E-state index is 0.215. The molecule has 0 saturated carbocycles. The van der Waals surface area contributed by atoms with Crippen LogP contribution in [0.5, 0.6) is 0 Å². The Labute approximate surface area is 131 Å². The van der Waals surface area contributed by atoms with Gasteiger partial charge in [0, 0.05) is 5.92 Å². The first-order valence-corrected chi connectivity index (χ1v) is 7.92. The number of rotatable bonds is 4. The van der Waals surface area contributed by atoms with E-state index < -0.39 is 12.2 Å². The van der Waals surface area contributed by atoms with E-state index in [1.807, 2.05) is 43.4 Å². The van der Waals surface area contributed by atoms with E-state index in [-0.39, 0.29) is 5.92 Å². The molecule has 2 aromatic carbocycles. The molecule has 2 aromatic rings. The molecule has 0 aromatic heterocycles. The summed E-state index contributed by atoms with van der Waals surface area (Å²) < 4.78 is 0. The predicted octanol–water partition coefficient (Wildman–Crippen LogP) is 2.90. The summed E-state index contributed by atoms with van der Waals surface area (Å²) in [4.78, 5) is 0. The summed E-state index contributed by atoms with van der Waals surface area (Å²) >= 11 is 0. The second-order valence-corrected chi connectivity index (χ2v) is 5.95. The Kier molecular flexibility index (Phi) is 4.57. The molecule has 0 aliphatic heterocycles. The Morgan fingerprint density at radius 2 is 1.27 bits per heavy atom. The van der Waals surface area contributed by atoms with E-state index in [0.717, 1.165) is 41.6 Å². The van der Waals surface area contributed by atoms with E-state index in [9.17, 15) is 10.2 Å². The molecular formula is C19H23NO2. The molecule has 22 heavy (non-hydrogen) atoms. The summed E-state index contributed by atoms with van der Waals surface area (Å²) in [6.45, 7) is 0.964. The predicted molar refractivity (Wildman–Crippen MR) is 87.8 cm³/mol. The quantitative estimate of drug-likeness (QED) is 0.761. The lowest BCUT2D eigenvalue weighted by molar-refractivity contribution is 0.0176. The zero-order valence-corrected chi connectivity index (χ0v) is 12.9. The van der Waals surface area contributed by atoms with Crippen molar-refractivity contribution in [2.75, 3.05) is 13.6 Å². The van der Waals surface area contributed by atoms with Crippen LogP contribution in [0.1, 0.15) is 53.2 Å². The van der Waals surface area contributed by atoms with Crippen molar-refractivity contribution in [3.8, 4) is 0 Å². The van der Waals surface area contributed by atoms with E-state index in [0.29, 0.717) is 0 Å². The van der Waals surface area contributed by atoms with Crippen LogP contribution in [0.2, 0.25) is 0 Å². The van der Waals surface area contributed by atoms with Crippen molar-refractivity contribution in [3.05, 3.63) is 70.8 Å². The summed E-state index contributed by atoms with van der Waals surface area (Å²) in [6.07, 6.45) is 0.308. The van der Waals surface area contributed by atoms with Gasteiger partial charge in [-0.1, -0.05) is 48.5 Å². The minimum Gasteiger partial charge on any atom is -0.385 e. The number of aliphatic hydroxyl groups excluding tert-OH is 2. The third kappa shape index (κ3) is 2.68. The first-order chi connectivity index (χ1) is 10.7. The molecular weight excluding hydrogens is 274 g/mol. The number of aliphatic hydroxyl groups is 2. The van der Waals surface area contributed by atoms with Gasteiger partial charge in [-0.15, -0.1) is 0 Å². The van der Waals surface area contributed by atoms with Gasteiger partial charge in [-0.2, -0.15) is 0 Å². The Hall–Kier alpha value is -1.68. The number of hydrogen-bond acceptors (Lipinski definition) is 3. The molecule has 3 rings (SSSR count). The lowest BCUT2D eigenvalue weighted by Crippen LogP contribution is -2.11. The highest BCUT2D eigenvalue weighted by molar-refractivity contribution is 5.47. The van der Waals surface area contributed by atoms with Crippen LogP contribution in [0.25, 0.3) is 0 Å². The summed E-state index contributed by atoms with van der Waals surface area (Å²) in [5.41, 5.74) is 3.96. The monoisotopic (exact) mass is 297 g/mol. The molecule has 0 spiro atoms. The zero-order valence-electron chi connectivity index (χ0n) is 12.9. The maximum absolute atomic E-state index is 10.6. The van der Waals surface area contributed by atoms with E-state index in [1.165, 1.54) is 0 Å². The van der Waals surface area contributed by atoms with Gasteiger partial charge in [-0.25, -0.2) is 0 Å². The lowest BCUT2D eigenvalue weighted by Gasteiger charge is -2.20. The molecule has 0 fully saturated rings. The number of benzene rings is 2. The Bertz CT molecular complexity index is 589. The zero-order chi connectivity index (χ0) is 15.5. The van der Waals surface area contributed by atoms with Crippen molar-refractivity contribution >= 4 is 0 Å². The molecule has 3 N–H and O–H groups in total. The Morgan fingerprint density at radius 3 is 1.73 bits per heavy atom. The number of nitrogens with one attached hydrogen (secondary N) is 1. The average Bonchev–Trinajstić information content (AvgIpc) is 2.65. The first kappa shape index (κ1) is 15.2. The smallest absolute Gasteiger partial charge is 0.109 e. The fourth-order valence-electron chi connectivity index (χ4n) is 3.50. The summed E-state index contributed by atoms with van der Waals surface area (Å²) in [7, 11) is 1.96. The van der Waals surface area contributed by atoms with Crippen molar-refractivity contribution in [3.63, 3.8) is 0 Å². The Morgan fingerprint density at radius 1 is 0.818 bits per heavy atom. The maximum atomic E-state index is 10.6. The van der Waals surface area contributed by atoms with Gasteiger partial charge in [0.15, 0.2) is 0 Å². The van der Waals surface area contributed by atoms with E-state index in [2.05, 4.69) is 17.4 Å². The molecule has 0 radical (unpaired) electrons. The second kappa shape index (κ2) is 6.61. The molecule has 3 nitrogen and oxygen atoms in total. The van der Waals surface area contributed by atoms with E-state index >= 15 is 0 Å². The Balaban J connectivity index is 2.11. The molecule has 0 amide bonds. The average molecular weight is 297 g/mol. The van der Waals surface area contributed by atoms with Crippen LogP contribution in [-0.4, -0.2) is 23.8 Å².